The lowest BCUT2D eigenvalue weighted by Gasteiger charge is -2.24. The molecule has 0 saturated heterocycles. The molecule has 0 aromatic heterocycles. The predicted molar refractivity (Wildman–Crippen MR) is 83.6 cm³/mol. The van der Waals surface area contributed by atoms with Crippen molar-refractivity contribution in [2.75, 3.05) is 12.3 Å². The summed E-state index contributed by atoms with van der Waals surface area (Å²) in [7, 11) is -3.14. The number of hydrogen-bond donors (Lipinski definition) is 1. The van der Waals surface area contributed by atoms with Crippen LogP contribution in [0.2, 0.25) is 5.02 Å². The Kier molecular flexibility index (Phi) is 5.47. The molecule has 1 unspecified atom stereocenters. The average Bonchev–Trinajstić information content (AvgIpc) is 2.95. The van der Waals surface area contributed by atoms with E-state index in [1.807, 2.05) is 24.3 Å². The molecule has 0 radical (unpaired) electrons. The van der Waals surface area contributed by atoms with Gasteiger partial charge in [0.15, 0.2) is 0 Å². The van der Waals surface area contributed by atoms with Gasteiger partial charge in [-0.15, -0.1) is 0 Å². The predicted octanol–water partition coefficient (Wildman–Crippen LogP) is 3.55. The van der Waals surface area contributed by atoms with Crippen molar-refractivity contribution in [2.24, 2.45) is 5.92 Å². The van der Waals surface area contributed by atoms with Crippen LogP contribution in [-0.2, 0) is 10.0 Å². The first-order chi connectivity index (χ1) is 9.52. The van der Waals surface area contributed by atoms with E-state index in [4.69, 9.17) is 11.6 Å². The molecule has 1 aromatic carbocycles. The van der Waals surface area contributed by atoms with E-state index in [0.29, 0.717) is 17.5 Å². The Labute approximate surface area is 126 Å². The number of hydrogen-bond acceptors (Lipinski definition) is 2. The van der Waals surface area contributed by atoms with Crippen LogP contribution in [0.4, 0.5) is 0 Å². The van der Waals surface area contributed by atoms with Gasteiger partial charge in [-0.2, -0.15) is 0 Å². The van der Waals surface area contributed by atoms with Gasteiger partial charge in [0, 0.05) is 17.5 Å². The highest BCUT2D eigenvalue weighted by atomic mass is 35.5. The summed E-state index contributed by atoms with van der Waals surface area (Å²) in [4.78, 5) is 0. The van der Waals surface area contributed by atoms with Crippen molar-refractivity contribution in [3.63, 3.8) is 0 Å². The van der Waals surface area contributed by atoms with Crippen molar-refractivity contribution in [2.45, 2.75) is 38.5 Å². The molecular formula is C15H22ClNO2S. The Bertz CT molecular complexity index is 521. The lowest BCUT2D eigenvalue weighted by molar-refractivity contribution is 0.428. The minimum Gasteiger partial charge on any atom is -0.215 e. The first kappa shape index (κ1) is 15.8. The molecule has 1 atom stereocenters. The summed E-state index contributed by atoms with van der Waals surface area (Å²) < 4.78 is 26.1. The Morgan fingerprint density at radius 3 is 2.40 bits per heavy atom. The highest BCUT2D eigenvalue weighted by molar-refractivity contribution is 7.89. The SMILES string of the molecule is CCS(=O)(=O)NCC(c1ccc(Cl)cc1)C1CCCC1. The van der Waals surface area contributed by atoms with Crippen LogP contribution in [0.3, 0.4) is 0 Å². The lowest BCUT2D eigenvalue weighted by atomic mass is 9.85. The van der Waals surface area contributed by atoms with E-state index >= 15 is 0 Å². The first-order valence-electron chi connectivity index (χ1n) is 7.24. The van der Waals surface area contributed by atoms with E-state index in [1.54, 1.807) is 6.92 Å². The Hall–Kier alpha value is -0.580. The van der Waals surface area contributed by atoms with Crippen LogP contribution < -0.4 is 4.72 Å². The van der Waals surface area contributed by atoms with Gasteiger partial charge in [-0.1, -0.05) is 36.6 Å². The third kappa shape index (κ3) is 4.21. The van der Waals surface area contributed by atoms with Crippen LogP contribution in [-0.4, -0.2) is 20.7 Å². The minimum absolute atomic E-state index is 0.130. The van der Waals surface area contributed by atoms with Crippen LogP contribution in [0.1, 0.15) is 44.1 Å². The van der Waals surface area contributed by atoms with Crippen LogP contribution in [0.15, 0.2) is 24.3 Å². The smallest absolute Gasteiger partial charge is 0.211 e. The van der Waals surface area contributed by atoms with Gasteiger partial charge in [-0.25, -0.2) is 13.1 Å². The van der Waals surface area contributed by atoms with Crippen LogP contribution in [0, 0.1) is 5.92 Å². The van der Waals surface area contributed by atoms with Gasteiger partial charge in [-0.05, 0) is 43.4 Å². The van der Waals surface area contributed by atoms with Gasteiger partial charge < -0.3 is 0 Å². The van der Waals surface area contributed by atoms with Crippen LogP contribution in [0.5, 0.6) is 0 Å². The second kappa shape index (κ2) is 6.92. The van der Waals surface area contributed by atoms with Gasteiger partial charge in [-0.3, -0.25) is 0 Å². The average molecular weight is 316 g/mol. The zero-order valence-electron chi connectivity index (χ0n) is 11.8. The molecule has 0 spiro atoms. The summed E-state index contributed by atoms with van der Waals surface area (Å²) in [5, 5.41) is 0.716. The van der Waals surface area contributed by atoms with Gasteiger partial charge in [0.1, 0.15) is 0 Å². The number of nitrogens with one attached hydrogen (secondary N) is 1. The maximum atomic E-state index is 11.7. The molecule has 5 heteroatoms. The second-order valence-corrected chi connectivity index (χ2v) is 7.99. The van der Waals surface area contributed by atoms with Crippen molar-refractivity contribution in [1.29, 1.82) is 0 Å². The number of rotatable bonds is 6. The summed E-state index contributed by atoms with van der Waals surface area (Å²) in [5.41, 5.74) is 1.18. The van der Waals surface area contributed by atoms with Gasteiger partial charge in [0.25, 0.3) is 0 Å². The maximum Gasteiger partial charge on any atom is 0.211 e. The molecule has 20 heavy (non-hydrogen) atoms. The third-order valence-corrected chi connectivity index (χ3v) is 5.79. The highest BCUT2D eigenvalue weighted by Crippen LogP contribution is 2.37. The first-order valence-corrected chi connectivity index (χ1v) is 9.27. The standard InChI is InChI=1S/C15H22ClNO2S/c1-2-20(18,19)17-11-15(12-5-3-4-6-12)13-7-9-14(16)10-8-13/h7-10,12,15,17H,2-6,11H2,1H3. The molecule has 1 fully saturated rings. The van der Waals surface area contributed by atoms with E-state index in [1.165, 1.54) is 31.2 Å². The molecule has 0 amide bonds. The van der Waals surface area contributed by atoms with Gasteiger partial charge in [0.05, 0.1) is 5.75 Å². The lowest BCUT2D eigenvalue weighted by Crippen LogP contribution is -2.32. The van der Waals surface area contributed by atoms with E-state index in [2.05, 4.69) is 4.72 Å². The zero-order chi connectivity index (χ0) is 14.6. The molecule has 0 bridgehead atoms. The molecule has 0 heterocycles. The largest absolute Gasteiger partial charge is 0.215 e. The summed E-state index contributed by atoms with van der Waals surface area (Å²) in [6, 6.07) is 7.80. The topological polar surface area (TPSA) is 46.2 Å². The highest BCUT2D eigenvalue weighted by Gasteiger charge is 2.27. The van der Waals surface area contributed by atoms with Crippen molar-refractivity contribution < 1.29 is 8.42 Å². The van der Waals surface area contributed by atoms with Crippen LogP contribution in [0.25, 0.3) is 0 Å². The quantitative estimate of drug-likeness (QED) is 0.872. The normalized spacial score (nSPS) is 18.3. The third-order valence-electron chi connectivity index (χ3n) is 4.17. The molecule has 1 aliphatic carbocycles. The Morgan fingerprint density at radius 1 is 1.25 bits per heavy atom. The Morgan fingerprint density at radius 2 is 1.85 bits per heavy atom. The van der Waals surface area contributed by atoms with E-state index in [9.17, 15) is 8.42 Å². The van der Waals surface area contributed by atoms with E-state index in [-0.39, 0.29) is 11.7 Å². The fourth-order valence-corrected chi connectivity index (χ4v) is 3.71. The molecule has 1 aromatic rings. The second-order valence-electron chi connectivity index (χ2n) is 5.45. The zero-order valence-corrected chi connectivity index (χ0v) is 13.4. The molecule has 112 valence electrons. The fourth-order valence-electron chi connectivity index (χ4n) is 2.95. The molecule has 1 N–H and O–H groups in total. The molecular weight excluding hydrogens is 294 g/mol. The van der Waals surface area contributed by atoms with Crippen molar-refractivity contribution >= 4 is 21.6 Å². The number of halogens is 1. The number of sulfonamides is 1. The fraction of sp³-hybridized carbons (Fsp3) is 0.600. The number of benzene rings is 1. The van der Waals surface area contributed by atoms with Gasteiger partial charge in [0.2, 0.25) is 10.0 Å². The molecule has 2 rings (SSSR count). The maximum absolute atomic E-state index is 11.7. The monoisotopic (exact) mass is 315 g/mol. The molecule has 1 aliphatic rings. The van der Waals surface area contributed by atoms with Crippen molar-refractivity contribution in [1.82, 2.24) is 4.72 Å². The molecule has 1 saturated carbocycles. The van der Waals surface area contributed by atoms with Crippen LogP contribution >= 0.6 is 11.6 Å². The van der Waals surface area contributed by atoms with Crippen molar-refractivity contribution in [3.8, 4) is 0 Å². The summed E-state index contributed by atoms with van der Waals surface area (Å²) in [6.07, 6.45) is 4.85. The Balaban J connectivity index is 2.14. The summed E-state index contributed by atoms with van der Waals surface area (Å²) in [6.45, 7) is 2.15. The van der Waals surface area contributed by atoms with Gasteiger partial charge >= 0.3 is 0 Å². The van der Waals surface area contributed by atoms with E-state index < -0.39 is 10.0 Å². The minimum atomic E-state index is -3.14. The summed E-state index contributed by atoms with van der Waals surface area (Å²) >= 11 is 5.94. The van der Waals surface area contributed by atoms with E-state index in [0.717, 1.165) is 0 Å². The molecule has 0 aliphatic heterocycles. The van der Waals surface area contributed by atoms with Crippen molar-refractivity contribution in [3.05, 3.63) is 34.9 Å². The molecule has 3 nitrogen and oxygen atoms in total. The summed E-state index contributed by atoms with van der Waals surface area (Å²) in [5.74, 6) is 0.942.